The number of hydrogen-bond donors (Lipinski definition) is 0. The Hall–Kier alpha value is -4.07. The minimum Gasteiger partial charge on any atom is -0.449 e. The molecule has 3 rings (SSSR count). The van der Waals surface area contributed by atoms with Crippen LogP contribution in [-0.4, -0.2) is 16.1 Å². The molecule has 0 spiro atoms. The number of nitro groups is 2. The van der Waals surface area contributed by atoms with E-state index in [2.05, 4.69) is 4.99 Å². The highest BCUT2D eigenvalue weighted by molar-refractivity contribution is 5.86. The van der Waals surface area contributed by atoms with Crippen molar-refractivity contribution in [3.05, 3.63) is 97.6 Å². The standard InChI is InChI=1S/C21H17N3O5/c1-14-7-9-18(15(2)11-14)22-13-16-5-3-4-6-20(16)29-21-10-8-17(23(25)26)12-19(21)24(27)28/h3-13H,1-2H3. The van der Waals surface area contributed by atoms with Crippen molar-refractivity contribution in [2.24, 2.45) is 4.99 Å². The van der Waals surface area contributed by atoms with Crippen LogP contribution in [0.2, 0.25) is 0 Å². The van der Waals surface area contributed by atoms with Crippen molar-refractivity contribution in [1.82, 2.24) is 0 Å². The number of rotatable bonds is 6. The fraction of sp³-hybridized carbons (Fsp3) is 0.0952. The number of hydrogen-bond acceptors (Lipinski definition) is 6. The predicted octanol–water partition coefficient (Wildman–Crippen LogP) is 5.66. The molecule has 0 saturated carbocycles. The number of aryl methyl sites for hydroxylation is 2. The van der Waals surface area contributed by atoms with Gasteiger partial charge in [0.2, 0.25) is 5.75 Å². The zero-order valence-electron chi connectivity index (χ0n) is 15.7. The maximum Gasteiger partial charge on any atom is 0.318 e. The van der Waals surface area contributed by atoms with Crippen LogP contribution in [0.3, 0.4) is 0 Å². The van der Waals surface area contributed by atoms with Gasteiger partial charge in [-0.25, -0.2) is 0 Å². The number of ether oxygens (including phenoxy) is 1. The van der Waals surface area contributed by atoms with E-state index in [-0.39, 0.29) is 11.4 Å². The summed E-state index contributed by atoms with van der Waals surface area (Å²) < 4.78 is 5.72. The van der Waals surface area contributed by atoms with Crippen LogP contribution in [0.4, 0.5) is 17.1 Å². The Balaban J connectivity index is 1.95. The van der Waals surface area contributed by atoms with Crippen molar-refractivity contribution in [3.8, 4) is 11.5 Å². The Morgan fingerprint density at radius 1 is 0.897 bits per heavy atom. The SMILES string of the molecule is Cc1ccc(N=Cc2ccccc2Oc2ccc([N+](=O)[O-])cc2[N+](=O)[O-])c(C)c1. The zero-order valence-corrected chi connectivity index (χ0v) is 15.7. The number of nitro benzene ring substituents is 2. The first kappa shape index (κ1) is 19.7. The summed E-state index contributed by atoms with van der Waals surface area (Å²) in [6.45, 7) is 3.96. The lowest BCUT2D eigenvalue weighted by molar-refractivity contribution is -0.394. The average molecular weight is 391 g/mol. The Morgan fingerprint density at radius 2 is 1.66 bits per heavy atom. The Labute approximate surface area is 166 Å². The number of para-hydroxylation sites is 1. The summed E-state index contributed by atoms with van der Waals surface area (Å²) in [4.78, 5) is 25.3. The third kappa shape index (κ3) is 4.62. The molecule has 8 nitrogen and oxygen atoms in total. The van der Waals surface area contributed by atoms with Gasteiger partial charge in [-0.2, -0.15) is 0 Å². The van der Waals surface area contributed by atoms with Crippen LogP contribution < -0.4 is 4.74 Å². The van der Waals surface area contributed by atoms with Gasteiger partial charge in [0.05, 0.1) is 21.6 Å². The van der Waals surface area contributed by atoms with Crippen molar-refractivity contribution in [2.45, 2.75) is 13.8 Å². The summed E-state index contributed by atoms with van der Waals surface area (Å²) in [7, 11) is 0. The minimum absolute atomic E-state index is 0.0898. The molecule has 0 fully saturated rings. The number of non-ortho nitro benzene ring substituents is 1. The maximum absolute atomic E-state index is 11.3. The van der Waals surface area contributed by atoms with Crippen LogP contribution in [0.25, 0.3) is 0 Å². The molecule has 0 atom stereocenters. The van der Waals surface area contributed by atoms with Crippen LogP contribution in [0.1, 0.15) is 16.7 Å². The second kappa shape index (κ2) is 8.30. The van der Waals surface area contributed by atoms with Crippen LogP contribution >= 0.6 is 0 Å². The lowest BCUT2D eigenvalue weighted by Gasteiger charge is -2.09. The molecule has 8 heteroatoms. The Morgan fingerprint density at radius 3 is 2.34 bits per heavy atom. The second-order valence-corrected chi connectivity index (χ2v) is 6.35. The molecular formula is C21H17N3O5. The normalized spacial score (nSPS) is 10.8. The van der Waals surface area contributed by atoms with E-state index in [1.54, 1.807) is 30.5 Å². The van der Waals surface area contributed by atoms with Gasteiger partial charge in [-0.3, -0.25) is 25.2 Å². The maximum atomic E-state index is 11.3. The summed E-state index contributed by atoms with van der Waals surface area (Å²) in [6.07, 6.45) is 1.62. The highest BCUT2D eigenvalue weighted by Crippen LogP contribution is 2.35. The van der Waals surface area contributed by atoms with E-state index >= 15 is 0 Å². The van der Waals surface area contributed by atoms with Gasteiger partial charge in [0.1, 0.15) is 5.75 Å². The summed E-state index contributed by atoms with van der Waals surface area (Å²) in [5, 5.41) is 22.2. The molecule has 0 heterocycles. The van der Waals surface area contributed by atoms with E-state index in [0.29, 0.717) is 11.3 Å². The highest BCUT2D eigenvalue weighted by atomic mass is 16.6. The summed E-state index contributed by atoms with van der Waals surface area (Å²) in [6, 6.07) is 16.1. The van der Waals surface area contributed by atoms with E-state index in [9.17, 15) is 20.2 Å². The van der Waals surface area contributed by atoms with Crippen molar-refractivity contribution in [1.29, 1.82) is 0 Å². The van der Waals surface area contributed by atoms with Crippen molar-refractivity contribution in [3.63, 3.8) is 0 Å². The molecule has 0 aliphatic rings. The highest BCUT2D eigenvalue weighted by Gasteiger charge is 2.21. The van der Waals surface area contributed by atoms with Gasteiger partial charge < -0.3 is 4.74 Å². The van der Waals surface area contributed by atoms with E-state index in [4.69, 9.17) is 4.74 Å². The van der Waals surface area contributed by atoms with Gasteiger partial charge in [-0.1, -0.05) is 29.8 Å². The van der Waals surface area contributed by atoms with Gasteiger partial charge in [-0.05, 0) is 43.7 Å². The molecule has 0 radical (unpaired) electrons. The second-order valence-electron chi connectivity index (χ2n) is 6.35. The number of benzene rings is 3. The van der Waals surface area contributed by atoms with E-state index in [1.165, 1.54) is 6.07 Å². The quantitative estimate of drug-likeness (QED) is 0.306. The molecule has 0 N–H and O–H groups in total. The third-order valence-corrected chi connectivity index (χ3v) is 4.18. The van der Waals surface area contributed by atoms with Crippen LogP contribution in [0, 0.1) is 34.1 Å². The number of aliphatic imine (C=N–C) groups is 1. The van der Waals surface area contributed by atoms with Gasteiger partial charge in [0, 0.05) is 17.8 Å². The molecule has 3 aromatic carbocycles. The van der Waals surface area contributed by atoms with E-state index < -0.39 is 15.5 Å². The lowest BCUT2D eigenvalue weighted by Crippen LogP contribution is -1.97. The van der Waals surface area contributed by atoms with Gasteiger partial charge in [0.15, 0.2) is 0 Å². The molecule has 0 unspecified atom stereocenters. The number of nitrogens with zero attached hydrogens (tertiary/aromatic N) is 3. The molecule has 0 saturated heterocycles. The van der Waals surface area contributed by atoms with Crippen molar-refractivity contribution in [2.75, 3.05) is 0 Å². The lowest BCUT2D eigenvalue weighted by atomic mass is 10.1. The average Bonchev–Trinajstić information content (AvgIpc) is 2.68. The van der Waals surface area contributed by atoms with Crippen molar-refractivity contribution >= 4 is 23.3 Å². The molecule has 3 aromatic rings. The molecule has 146 valence electrons. The molecule has 0 aromatic heterocycles. The monoisotopic (exact) mass is 391 g/mol. The first-order valence-corrected chi connectivity index (χ1v) is 8.66. The fourth-order valence-corrected chi connectivity index (χ4v) is 2.74. The Bertz CT molecular complexity index is 1130. The molecule has 0 aliphatic carbocycles. The fourth-order valence-electron chi connectivity index (χ4n) is 2.74. The summed E-state index contributed by atoms with van der Waals surface area (Å²) >= 11 is 0. The topological polar surface area (TPSA) is 108 Å². The largest absolute Gasteiger partial charge is 0.449 e. The first-order chi connectivity index (χ1) is 13.8. The Kier molecular flexibility index (Phi) is 5.64. The molecule has 0 amide bonds. The zero-order chi connectivity index (χ0) is 21.0. The smallest absolute Gasteiger partial charge is 0.318 e. The summed E-state index contributed by atoms with van der Waals surface area (Å²) in [5.41, 5.74) is 2.70. The van der Waals surface area contributed by atoms with Gasteiger partial charge in [-0.15, -0.1) is 0 Å². The molecule has 29 heavy (non-hydrogen) atoms. The van der Waals surface area contributed by atoms with E-state index in [0.717, 1.165) is 28.9 Å². The molecular weight excluding hydrogens is 374 g/mol. The van der Waals surface area contributed by atoms with Crippen LogP contribution in [0.5, 0.6) is 11.5 Å². The summed E-state index contributed by atoms with van der Waals surface area (Å²) in [5.74, 6) is 0.255. The minimum atomic E-state index is -0.714. The molecule has 0 aliphatic heterocycles. The van der Waals surface area contributed by atoms with Gasteiger partial charge >= 0.3 is 5.69 Å². The van der Waals surface area contributed by atoms with Crippen molar-refractivity contribution < 1.29 is 14.6 Å². The van der Waals surface area contributed by atoms with Gasteiger partial charge in [0.25, 0.3) is 5.69 Å². The van der Waals surface area contributed by atoms with Crippen LogP contribution in [-0.2, 0) is 0 Å². The molecule has 0 bridgehead atoms. The van der Waals surface area contributed by atoms with E-state index in [1.807, 2.05) is 32.0 Å². The predicted molar refractivity (Wildman–Crippen MR) is 109 cm³/mol. The third-order valence-electron chi connectivity index (χ3n) is 4.18. The van der Waals surface area contributed by atoms with Crippen LogP contribution in [0.15, 0.2) is 65.7 Å². The first-order valence-electron chi connectivity index (χ1n) is 8.66.